The zero-order valence-electron chi connectivity index (χ0n) is 33.7. The summed E-state index contributed by atoms with van der Waals surface area (Å²) in [5.41, 5.74) is -0.437. The number of esters is 1. The molecule has 1 aromatic heterocycles. The molecule has 8 rings (SSSR count). The number of H-pyrrole nitrogens is 1. The number of rotatable bonds is 15. The topological polar surface area (TPSA) is 174 Å². The van der Waals surface area contributed by atoms with Gasteiger partial charge in [-0.3, -0.25) is 19.1 Å². The van der Waals surface area contributed by atoms with Crippen LogP contribution in [0.3, 0.4) is 0 Å². The summed E-state index contributed by atoms with van der Waals surface area (Å²) in [4.78, 5) is 40.9. The number of carbonyl (C=O) groups is 1. The van der Waals surface area contributed by atoms with Gasteiger partial charge < -0.3 is 32.7 Å². The van der Waals surface area contributed by atoms with E-state index in [1.54, 1.807) is 44.6 Å². The molecule has 1 N–H and O–H groups in total. The molecule has 0 amide bonds. The zero-order valence-corrected chi connectivity index (χ0v) is 35.4. The number of nitrogens with one attached hydrogen (secondary N) is 1. The molecule has 0 unspecified atom stereocenters. The van der Waals surface area contributed by atoms with Gasteiger partial charge in [-0.25, -0.2) is 17.9 Å². The van der Waals surface area contributed by atoms with Crippen molar-refractivity contribution in [2.45, 2.75) is 66.9 Å². The van der Waals surface area contributed by atoms with E-state index in [2.05, 4.69) is 4.98 Å². The molecule has 4 heterocycles. The highest BCUT2D eigenvalue weighted by molar-refractivity contribution is 7.91. The van der Waals surface area contributed by atoms with E-state index in [9.17, 15) is 22.8 Å². The van der Waals surface area contributed by atoms with Crippen molar-refractivity contribution in [3.05, 3.63) is 159 Å². The van der Waals surface area contributed by atoms with Gasteiger partial charge in [-0.15, -0.1) is 0 Å². The lowest BCUT2D eigenvalue weighted by molar-refractivity contribution is -0.155. The molecule has 17 heteroatoms. The molecule has 15 nitrogen and oxygen atoms in total. The Morgan fingerprint density at radius 2 is 1.43 bits per heavy atom. The molecular weight excluding hydrogens is 826 g/mol. The average Bonchev–Trinajstić information content (AvgIpc) is 3.97. The molecule has 3 fully saturated rings. The average molecular weight is 872 g/mol. The summed E-state index contributed by atoms with van der Waals surface area (Å²) in [5.74, 6) is 0.341. The van der Waals surface area contributed by atoms with Gasteiger partial charge in [-0.1, -0.05) is 72.8 Å². The summed E-state index contributed by atoms with van der Waals surface area (Å²) < 4.78 is 74.7. The van der Waals surface area contributed by atoms with Gasteiger partial charge in [-0.2, -0.15) is 0 Å². The minimum absolute atomic E-state index is 0.192. The minimum Gasteiger partial charge on any atom is -0.497 e. The molecule has 3 aliphatic heterocycles. The Morgan fingerprint density at radius 3 is 2.02 bits per heavy atom. The molecule has 0 spiro atoms. The number of nitrogens with zero attached hydrogens (tertiary/aromatic N) is 2. The number of ether oxygens (including phenoxy) is 5. The van der Waals surface area contributed by atoms with Crippen molar-refractivity contribution in [3.63, 3.8) is 0 Å². The van der Waals surface area contributed by atoms with E-state index in [1.807, 2.05) is 83.5 Å². The lowest BCUT2D eigenvalue weighted by Crippen LogP contribution is -2.42. The van der Waals surface area contributed by atoms with Gasteiger partial charge >= 0.3 is 11.7 Å². The Kier molecular flexibility index (Phi) is 12.6. The van der Waals surface area contributed by atoms with Crippen LogP contribution in [0, 0.1) is 0 Å². The molecule has 5 aromatic rings. The first-order valence-corrected chi connectivity index (χ1v) is 22.6. The minimum atomic E-state index is -3.73. The maximum atomic E-state index is 13.6. The number of methoxy groups -OCH3 is 2. The highest BCUT2D eigenvalue weighted by Gasteiger charge is 2.55. The maximum absolute atomic E-state index is 13.6. The van der Waals surface area contributed by atoms with Crippen molar-refractivity contribution in [1.29, 1.82) is 0 Å². The molecule has 0 bridgehead atoms. The first kappa shape index (κ1) is 42.5. The Hall–Kier alpha value is -5.19. The van der Waals surface area contributed by atoms with Crippen molar-refractivity contribution in [2.75, 3.05) is 33.1 Å². The largest absolute Gasteiger partial charge is 0.497 e. The van der Waals surface area contributed by atoms with Gasteiger partial charge in [-0.05, 0) is 65.9 Å². The normalized spacial score (nSPS) is 24.0. The number of hydrogen-bond acceptors (Lipinski definition) is 13. The highest BCUT2D eigenvalue weighted by Crippen LogP contribution is 2.58. The Morgan fingerprint density at radius 1 is 0.820 bits per heavy atom. The van der Waals surface area contributed by atoms with E-state index >= 15 is 0 Å². The molecule has 320 valence electrons. The number of aromatic nitrogens is 2. The van der Waals surface area contributed by atoms with Crippen LogP contribution in [-0.4, -0.2) is 92.2 Å². The molecule has 0 aliphatic carbocycles. The fraction of sp³-hybridized carbons (Fsp3) is 0.341. The monoisotopic (exact) mass is 871 g/mol. The SMILES string of the molecule is COc1ccc(C(OC[C@H]2O[C@@H](n3ccc(=O)[nH]c3=O)[C@@H](OC(C)=O)[C@@H]2O[P@]2O[C@H](CS(=O)(=O)c3ccccc3)[C@@H]3CCCN32)(c2ccccc2)c2ccc(OC)cc2)cc1. The van der Waals surface area contributed by atoms with E-state index in [0.29, 0.717) is 24.5 Å². The van der Waals surface area contributed by atoms with E-state index in [1.165, 1.54) is 19.2 Å². The summed E-state index contributed by atoms with van der Waals surface area (Å²) in [7, 11) is -2.50. The third-order valence-corrected chi connectivity index (χ3v) is 14.7. The van der Waals surface area contributed by atoms with Gasteiger partial charge in [0.05, 0.1) is 37.6 Å². The summed E-state index contributed by atoms with van der Waals surface area (Å²) in [6, 6.07) is 33.8. The predicted octanol–water partition coefficient (Wildman–Crippen LogP) is 5.34. The molecular formula is C44H46N3O12PS. The van der Waals surface area contributed by atoms with E-state index < -0.39 is 71.8 Å². The fourth-order valence-corrected chi connectivity index (χ4v) is 11.9. The zero-order chi connectivity index (χ0) is 42.7. The lowest BCUT2D eigenvalue weighted by atomic mass is 9.80. The van der Waals surface area contributed by atoms with Crippen LogP contribution in [0.25, 0.3) is 0 Å². The number of sulfone groups is 1. The van der Waals surface area contributed by atoms with E-state index in [0.717, 1.165) is 27.7 Å². The van der Waals surface area contributed by atoms with Crippen LogP contribution in [-0.2, 0) is 43.5 Å². The van der Waals surface area contributed by atoms with Crippen molar-refractivity contribution in [3.8, 4) is 11.5 Å². The number of hydrogen-bond donors (Lipinski definition) is 1. The van der Waals surface area contributed by atoms with Crippen LogP contribution in [0.1, 0.15) is 42.7 Å². The van der Waals surface area contributed by atoms with Crippen molar-refractivity contribution >= 4 is 24.3 Å². The predicted molar refractivity (Wildman–Crippen MR) is 224 cm³/mol. The maximum Gasteiger partial charge on any atom is 0.330 e. The van der Waals surface area contributed by atoms with Gasteiger partial charge in [0.25, 0.3) is 14.1 Å². The first-order chi connectivity index (χ1) is 29.5. The molecule has 3 aliphatic rings. The first-order valence-electron chi connectivity index (χ1n) is 19.8. The summed E-state index contributed by atoms with van der Waals surface area (Å²) in [6.45, 7) is 1.63. The quantitative estimate of drug-likeness (QED) is 0.0813. The van der Waals surface area contributed by atoms with Crippen LogP contribution in [0.15, 0.2) is 136 Å². The van der Waals surface area contributed by atoms with Crippen LogP contribution in [0.5, 0.6) is 11.5 Å². The second-order valence-electron chi connectivity index (χ2n) is 14.9. The van der Waals surface area contributed by atoms with Crippen molar-refractivity contribution in [1.82, 2.24) is 14.2 Å². The summed E-state index contributed by atoms with van der Waals surface area (Å²) >= 11 is 0. The lowest BCUT2D eigenvalue weighted by Gasteiger charge is -2.37. The smallest absolute Gasteiger partial charge is 0.330 e. The van der Waals surface area contributed by atoms with Gasteiger partial charge in [0.1, 0.15) is 29.3 Å². The fourth-order valence-electron chi connectivity index (χ4n) is 8.30. The van der Waals surface area contributed by atoms with Crippen molar-refractivity contribution < 1.29 is 45.9 Å². The molecule has 0 saturated carbocycles. The number of benzene rings is 4. The van der Waals surface area contributed by atoms with Gasteiger partial charge in [0.2, 0.25) is 0 Å². The molecule has 7 atom stereocenters. The second-order valence-corrected chi connectivity index (χ2v) is 18.3. The Bertz CT molecular complexity index is 2480. The summed E-state index contributed by atoms with van der Waals surface area (Å²) in [6.07, 6.45) is -2.64. The molecule has 4 aromatic carbocycles. The van der Waals surface area contributed by atoms with Gasteiger partial charge in [0.15, 0.2) is 22.2 Å². The van der Waals surface area contributed by atoms with E-state index in [4.69, 9.17) is 32.7 Å². The van der Waals surface area contributed by atoms with Crippen molar-refractivity contribution in [2.24, 2.45) is 0 Å². The number of carbonyl (C=O) groups excluding carboxylic acids is 1. The van der Waals surface area contributed by atoms with Crippen LogP contribution < -0.4 is 20.7 Å². The Balaban J connectivity index is 1.20. The number of fused-ring (bicyclic) bond motifs is 1. The molecule has 3 saturated heterocycles. The standard InChI is InChI=1S/C44H46N3O12PS/c1-29(48)56-41-40(59-60-47-25-10-15-36(47)38(58-60)28-61(51,52)35-13-8-5-9-14-35)37(57-42(41)46-26-24-39(49)45-43(46)50)27-55-44(30-11-6-4-7-12-30,31-16-20-33(53-2)21-17-31)32-18-22-34(54-3)23-19-32/h4-9,11-14,16-24,26,36-38,40-42H,10,15,25,27-28H2,1-3H3,(H,45,49,50)/t36-,37+,38+,40+,41-,42+,60-/m0/s1. The number of aromatic amines is 1. The molecule has 61 heavy (non-hydrogen) atoms. The third-order valence-electron chi connectivity index (χ3n) is 11.2. The molecule has 0 radical (unpaired) electrons. The summed E-state index contributed by atoms with van der Waals surface area (Å²) in [5, 5.41) is 0. The third kappa shape index (κ3) is 8.67. The van der Waals surface area contributed by atoms with Crippen LogP contribution in [0.2, 0.25) is 0 Å². The van der Waals surface area contributed by atoms with Crippen LogP contribution >= 0.6 is 8.53 Å². The highest BCUT2D eigenvalue weighted by atomic mass is 32.2. The second kappa shape index (κ2) is 18.0. The van der Waals surface area contributed by atoms with Gasteiger partial charge in [0, 0.05) is 31.8 Å². The Labute approximate surface area is 354 Å². The van der Waals surface area contributed by atoms with E-state index in [-0.39, 0.29) is 23.3 Å². The van der Waals surface area contributed by atoms with Crippen LogP contribution in [0.4, 0.5) is 0 Å².